The molecule has 0 rings (SSSR count). The van der Waals surface area contributed by atoms with Gasteiger partial charge in [0.15, 0.2) is 0 Å². The number of amides is 14. The molecule has 106 heavy (non-hydrogen) atoms. The number of rotatable bonds is 53. The van der Waals surface area contributed by atoms with Crippen LogP contribution < -0.4 is 91.6 Å². The van der Waals surface area contributed by atoms with E-state index in [9.17, 15) is 87.2 Å². The van der Waals surface area contributed by atoms with E-state index in [2.05, 4.69) is 74.4 Å². The van der Waals surface area contributed by atoms with Crippen molar-refractivity contribution in [3.63, 3.8) is 0 Å². The van der Waals surface area contributed by atoms with E-state index < -0.39 is 198 Å². The molecule has 0 aromatic carbocycles. The number of carbonyl (C=O) groups is 15. The third-order valence-corrected chi connectivity index (χ3v) is 17.3. The predicted octanol–water partition coefficient (Wildman–Crippen LogP) is -2.85. The average Bonchev–Trinajstić information content (AvgIpc) is 0.721. The van der Waals surface area contributed by atoms with E-state index in [0.717, 1.165) is 0 Å². The van der Waals surface area contributed by atoms with Gasteiger partial charge in [0.25, 0.3) is 0 Å². The minimum atomic E-state index is -1.72. The Labute approximate surface area is 629 Å². The molecule has 0 radical (unpaired) electrons. The second kappa shape index (κ2) is 51.5. The third kappa shape index (κ3) is 39.2. The van der Waals surface area contributed by atoms with Crippen molar-refractivity contribution < 1.29 is 87.2 Å². The number of nitrogens with one attached hydrogen (secondary N) is 14. The van der Waals surface area contributed by atoms with E-state index >= 15 is 0 Å². The van der Waals surface area contributed by atoms with Crippen molar-refractivity contribution in [2.24, 2.45) is 52.7 Å². The van der Waals surface area contributed by atoms with Gasteiger partial charge in [-0.05, 0) is 165 Å². The molecule has 0 saturated heterocycles. The zero-order chi connectivity index (χ0) is 81.4. The van der Waals surface area contributed by atoms with Crippen LogP contribution in [0.1, 0.15) is 188 Å². The Morgan fingerprint density at radius 3 is 1.00 bits per heavy atom. The predicted molar refractivity (Wildman–Crippen MR) is 400 cm³/mol. The highest BCUT2D eigenvalue weighted by Gasteiger charge is 2.38. The number of nitrogens with two attached hydrogens (primary N) is 3. The van der Waals surface area contributed by atoms with Crippen LogP contribution in [0.5, 0.6) is 0 Å². The number of aliphatic hydroxyl groups is 2. The highest BCUT2D eigenvalue weighted by Crippen LogP contribution is 2.15. The summed E-state index contributed by atoms with van der Waals surface area (Å²) >= 11 is 1.51. The van der Waals surface area contributed by atoms with Gasteiger partial charge in [-0.1, -0.05) is 83.1 Å². The first kappa shape index (κ1) is 98.2. The molecule has 23 N–H and O–H groups in total. The SMILES string of the molecule is CSCC[C@H](N)C(=O)N[C@@H](CCCCN)C(=O)N[C@@H](CC(C)C)C(=O)N[C@@H](CCCCN)C(=O)N[C@H](C(=O)N[C@@H](CC(C)C)C(=O)N[C@@H](C)C(=O)N[C@@H](CC(C)C)C(=O)N[C@@H](CO)C(=O)N[C@@H](CC(C)C)C(=O)N[C@@H](CC(C)C)C(=O)N[C@@H](C)C(=O)N[C@@H](C)C(=O)NCC(=O)N[C@H](C(=O)O)C(C)C)[C@@H](C)O. The van der Waals surface area contributed by atoms with Gasteiger partial charge in [0.1, 0.15) is 78.5 Å². The molecule has 0 unspecified atom stereocenters. The quantitative estimate of drug-likeness (QED) is 0.0273. The molecular formula is C70H129N17O18S. The van der Waals surface area contributed by atoms with Crippen LogP contribution >= 0.6 is 11.8 Å². The summed E-state index contributed by atoms with van der Waals surface area (Å²) in [5.41, 5.74) is 17.6. The van der Waals surface area contributed by atoms with Gasteiger partial charge >= 0.3 is 5.97 Å². The standard InChI is InChI=1S/C70H129N17O18S/c1-35(2)28-48(63(97)76-42(14)58(92)75-41(13)57(91)74-33-54(90)86-55(40(11)12)70(104)105)82-66(100)52(32-39(9)10)83-68(102)53(34-88)85-67(101)50(30-37(5)6)80-59(93)43(15)77-64(98)49(29-36(3)4)84-69(103)56(44(16)89)87-62(96)47(23-19-21-26-72)79-65(99)51(31-38(7)8)81-61(95)46(22-18-20-25-71)78-60(94)45(73)24-27-106-17/h35-53,55-56,88-89H,18-34,71-73H2,1-17H3,(H,74,91)(H,75,92)(H,76,97)(H,77,98)(H,78,94)(H,79,99)(H,80,93)(H,81,95)(H,82,100)(H,83,102)(H,84,103)(H,85,101)(H,86,90)(H,87,96)(H,104,105)/t41-,42-,43-,44+,45-,46-,47-,48-,49-,50-,51-,52-,53-,55-,56-/m0/s1. The Bertz CT molecular complexity index is 2850. The van der Waals surface area contributed by atoms with Crippen LogP contribution in [-0.4, -0.2) is 233 Å². The number of carboxylic acids is 1. The topological polar surface area (TPSA) is 563 Å². The van der Waals surface area contributed by atoms with E-state index in [4.69, 9.17) is 17.2 Å². The molecule has 0 bridgehead atoms. The van der Waals surface area contributed by atoms with Gasteiger partial charge in [-0.2, -0.15) is 11.8 Å². The molecule has 0 fully saturated rings. The molecule has 35 nitrogen and oxygen atoms in total. The van der Waals surface area contributed by atoms with Crippen LogP contribution in [0.2, 0.25) is 0 Å². The number of hydrogen-bond acceptors (Lipinski definition) is 21. The number of thioether (sulfide) groups is 1. The lowest BCUT2D eigenvalue weighted by Gasteiger charge is -2.29. The third-order valence-electron chi connectivity index (χ3n) is 16.6. The van der Waals surface area contributed by atoms with Crippen molar-refractivity contribution in [3.05, 3.63) is 0 Å². The van der Waals surface area contributed by atoms with Crippen LogP contribution in [0.25, 0.3) is 0 Å². The first-order valence-electron chi connectivity index (χ1n) is 36.8. The molecule has 0 spiro atoms. The molecule has 36 heteroatoms. The van der Waals surface area contributed by atoms with Gasteiger partial charge < -0.3 is 107 Å². The van der Waals surface area contributed by atoms with Crippen LogP contribution in [-0.2, 0) is 71.9 Å². The average molecular weight is 1530 g/mol. The minimum Gasteiger partial charge on any atom is -0.480 e. The van der Waals surface area contributed by atoms with Crippen molar-refractivity contribution in [2.45, 2.75) is 279 Å². The highest BCUT2D eigenvalue weighted by atomic mass is 32.2. The summed E-state index contributed by atoms with van der Waals surface area (Å²) in [6.45, 7) is 25.0. The van der Waals surface area contributed by atoms with Crippen molar-refractivity contribution in [1.82, 2.24) is 74.4 Å². The summed E-state index contributed by atoms with van der Waals surface area (Å²) < 4.78 is 0. The second-order valence-electron chi connectivity index (χ2n) is 29.5. The smallest absolute Gasteiger partial charge is 0.326 e. The summed E-state index contributed by atoms with van der Waals surface area (Å²) in [6, 6.07) is -18.5. The Balaban J connectivity index is 6.50. The molecule has 0 heterocycles. The van der Waals surface area contributed by atoms with Gasteiger partial charge in [-0.25, -0.2) is 4.79 Å². The molecule has 0 aromatic heterocycles. The molecule has 15 atom stereocenters. The molecule has 0 aliphatic rings. The summed E-state index contributed by atoms with van der Waals surface area (Å²) in [5, 5.41) is 66.4. The number of aliphatic carboxylic acids is 1. The van der Waals surface area contributed by atoms with E-state index in [1.165, 1.54) is 39.5 Å². The Hall–Kier alpha value is -7.80. The molecule has 0 aromatic rings. The first-order chi connectivity index (χ1) is 49.4. The zero-order valence-corrected chi connectivity index (χ0v) is 66.1. The molecule has 0 aliphatic heterocycles. The van der Waals surface area contributed by atoms with Crippen molar-refractivity contribution in [3.8, 4) is 0 Å². The number of hydrogen-bond donors (Lipinski definition) is 20. The van der Waals surface area contributed by atoms with Crippen LogP contribution in [0.15, 0.2) is 0 Å². The number of aliphatic hydroxyl groups excluding tert-OH is 2. The van der Waals surface area contributed by atoms with Crippen molar-refractivity contribution >= 4 is 100 Å². The monoisotopic (exact) mass is 1530 g/mol. The highest BCUT2D eigenvalue weighted by molar-refractivity contribution is 7.98. The molecule has 0 aliphatic carbocycles. The fourth-order valence-electron chi connectivity index (χ4n) is 10.7. The lowest BCUT2D eigenvalue weighted by atomic mass is 9.99. The minimum absolute atomic E-state index is 0.00538. The number of unbranched alkanes of at least 4 members (excludes halogenated alkanes) is 2. The molecule has 14 amide bonds. The van der Waals surface area contributed by atoms with Gasteiger partial charge in [0.2, 0.25) is 82.7 Å². The molecule has 0 saturated carbocycles. The molecular weight excluding hydrogens is 1400 g/mol. The fraction of sp³-hybridized carbons (Fsp3) is 0.786. The number of carbonyl (C=O) groups excluding carboxylic acids is 14. The lowest BCUT2D eigenvalue weighted by molar-refractivity contribution is -0.143. The maximum atomic E-state index is 14.3. The van der Waals surface area contributed by atoms with Crippen LogP contribution in [0, 0.1) is 35.5 Å². The lowest BCUT2D eigenvalue weighted by Crippen LogP contribution is -2.62. The second-order valence-corrected chi connectivity index (χ2v) is 30.5. The largest absolute Gasteiger partial charge is 0.480 e. The van der Waals surface area contributed by atoms with Gasteiger partial charge in [-0.3, -0.25) is 67.1 Å². The molecule has 608 valence electrons. The zero-order valence-electron chi connectivity index (χ0n) is 65.3. The Kier molecular flexibility index (Phi) is 47.7. The first-order valence-corrected chi connectivity index (χ1v) is 38.2. The van der Waals surface area contributed by atoms with Gasteiger partial charge in [-0.15, -0.1) is 0 Å². The number of carboxylic acid groups (broad SMARTS) is 1. The maximum absolute atomic E-state index is 14.3. The Morgan fingerprint density at radius 1 is 0.349 bits per heavy atom. The summed E-state index contributed by atoms with van der Waals surface area (Å²) in [5.74, 6) is -13.9. The van der Waals surface area contributed by atoms with Crippen molar-refractivity contribution in [2.75, 3.05) is 38.2 Å². The van der Waals surface area contributed by atoms with E-state index in [1.807, 2.05) is 20.1 Å². The normalized spacial score (nSPS) is 15.7. The van der Waals surface area contributed by atoms with E-state index in [-0.39, 0.29) is 81.1 Å². The van der Waals surface area contributed by atoms with E-state index in [0.29, 0.717) is 44.4 Å². The Morgan fingerprint density at radius 2 is 0.651 bits per heavy atom. The summed E-state index contributed by atoms with van der Waals surface area (Å²) in [7, 11) is 0. The van der Waals surface area contributed by atoms with Crippen LogP contribution in [0.4, 0.5) is 0 Å². The summed E-state index contributed by atoms with van der Waals surface area (Å²) in [4.78, 5) is 204. The summed E-state index contributed by atoms with van der Waals surface area (Å²) in [6.07, 6.45) is 2.71. The van der Waals surface area contributed by atoms with E-state index in [1.54, 1.807) is 69.2 Å². The van der Waals surface area contributed by atoms with Crippen LogP contribution in [0.3, 0.4) is 0 Å². The van der Waals surface area contributed by atoms with Gasteiger partial charge in [0.05, 0.1) is 25.3 Å². The van der Waals surface area contributed by atoms with Gasteiger partial charge in [0, 0.05) is 0 Å². The van der Waals surface area contributed by atoms with Crippen molar-refractivity contribution in [1.29, 1.82) is 0 Å². The fourth-order valence-corrected chi connectivity index (χ4v) is 11.2. The maximum Gasteiger partial charge on any atom is 0.326 e.